The third-order valence-electron chi connectivity index (χ3n) is 2.78. The number of carbonyl (C=O) groups is 1. The molecule has 0 atom stereocenters. The van der Waals surface area contributed by atoms with E-state index in [0.29, 0.717) is 17.0 Å². The van der Waals surface area contributed by atoms with E-state index in [1.807, 2.05) is 13.0 Å². The standard InChI is InChI=1S/C14H10N2O3/c1-8-6-9(4-5-15-8)13-16-11-3-2-10(14(17)18)7-12(11)19-13/h2-7H,1H3,(H,17,18). The van der Waals surface area contributed by atoms with Gasteiger partial charge in [0.25, 0.3) is 0 Å². The van der Waals surface area contributed by atoms with E-state index in [0.717, 1.165) is 11.3 Å². The highest BCUT2D eigenvalue weighted by atomic mass is 16.4. The second-order valence-electron chi connectivity index (χ2n) is 4.19. The smallest absolute Gasteiger partial charge is 0.335 e. The lowest BCUT2D eigenvalue weighted by atomic mass is 10.2. The van der Waals surface area contributed by atoms with Gasteiger partial charge in [-0.1, -0.05) is 0 Å². The second kappa shape index (κ2) is 4.20. The van der Waals surface area contributed by atoms with Crippen molar-refractivity contribution >= 4 is 17.1 Å². The fourth-order valence-corrected chi connectivity index (χ4v) is 1.86. The van der Waals surface area contributed by atoms with Gasteiger partial charge in [-0.15, -0.1) is 0 Å². The summed E-state index contributed by atoms with van der Waals surface area (Å²) in [7, 11) is 0. The van der Waals surface area contributed by atoms with Crippen LogP contribution in [0.3, 0.4) is 0 Å². The second-order valence-corrected chi connectivity index (χ2v) is 4.19. The Balaban J connectivity index is 2.14. The van der Waals surface area contributed by atoms with Crippen LogP contribution in [0.25, 0.3) is 22.6 Å². The van der Waals surface area contributed by atoms with Crippen molar-refractivity contribution in [3.63, 3.8) is 0 Å². The Hall–Kier alpha value is -2.69. The number of hydrogen-bond donors (Lipinski definition) is 1. The molecule has 5 nitrogen and oxygen atoms in total. The summed E-state index contributed by atoms with van der Waals surface area (Å²) in [6.45, 7) is 1.88. The van der Waals surface area contributed by atoms with Gasteiger partial charge in [-0.25, -0.2) is 9.78 Å². The van der Waals surface area contributed by atoms with Crippen LogP contribution in [0, 0.1) is 6.92 Å². The lowest BCUT2D eigenvalue weighted by Crippen LogP contribution is -1.94. The number of oxazole rings is 1. The summed E-state index contributed by atoms with van der Waals surface area (Å²) >= 11 is 0. The van der Waals surface area contributed by atoms with E-state index in [9.17, 15) is 4.79 Å². The highest BCUT2D eigenvalue weighted by Crippen LogP contribution is 2.25. The van der Waals surface area contributed by atoms with E-state index in [4.69, 9.17) is 9.52 Å². The first kappa shape index (κ1) is 11.4. The highest BCUT2D eigenvalue weighted by molar-refractivity contribution is 5.92. The zero-order chi connectivity index (χ0) is 13.4. The molecule has 3 aromatic rings. The van der Waals surface area contributed by atoms with Crippen molar-refractivity contribution in [3.8, 4) is 11.5 Å². The number of aromatic carboxylic acids is 1. The molecule has 0 aliphatic heterocycles. The maximum atomic E-state index is 10.9. The van der Waals surface area contributed by atoms with Crippen LogP contribution in [-0.2, 0) is 0 Å². The van der Waals surface area contributed by atoms with Gasteiger partial charge in [-0.3, -0.25) is 4.98 Å². The Morgan fingerprint density at radius 2 is 2.11 bits per heavy atom. The van der Waals surface area contributed by atoms with Crippen LogP contribution in [0.4, 0.5) is 0 Å². The summed E-state index contributed by atoms with van der Waals surface area (Å²) in [5.41, 5.74) is 2.96. The van der Waals surface area contributed by atoms with Crippen LogP contribution in [0.2, 0.25) is 0 Å². The van der Waals surface area contributed by atoms with Gasteiger partial charge in [0.15, 0.2) is 5.58 Å². The summed E-state index contributed by atoms with van der Waals surface area (Å²) in [4.78, 5) is 19.3. The molecule has 0 bridgehead atoms. The molecular weight excluding hydrogens is 244 g/mol. The monoisotopic (exact) mass is 254 g/mol. The molecule has 5 heteroatoms. The van der Waals surface area contributed by atoms with Gasteiger partial charge in [0.2, 0.25) is 5.89 Å². The van der Waals surface area contributed by atoms with E-state index in [2.05, 4.69) is 9.97 Å². The minimum absolute atomic E-state index is 0.182. The topological polar surface area (TPSA) is 76.2 Å². The first-order valence-corrected chi connectivity index (χ1v) is 5.70. The number of fused-ring (bicyclic) bond motifs is 1. The maximum absolute atomic E-state index is 10.9. The number of aryl methyl sites for hydroxylation is 1. The van der Waals surface area contributed by atoms with Gasteiger partial charge in [-0.05, 0) is 37.3 Å². The van der Waals surface area contributed by atoms with Crippen LogP contribution in [0.15, 0.2) is 40.9 Å². The van der Waals surface area contributed by atoms with Gasteiger partial charge in [0.1, 0.15) is 5.52 Å². The summed E-state index contributed by atoms with van der Waals surface area (Å²) in [6.07, 6.45) is 1.68. The summed E-state index contributed by atoms with van der Waals surface area (Å²) in [5.74, 6) is -0.525. The van der Waals surface area contributed by atoms with Gasteiger partial charge >= 0.3 is 5.97 Å². The van der Waals surface area contributed by atoms with Crippen molar-refractivity contribution in [2.75, 3.05) is 0 Å². The largest absolute Gasteiger partial charge is 0.478 e. The number of pyridine rings is 1. The summed E-state index contributed by atoms with van der Waals surface area (Å²) in [6, 6.07) is 8.29. The maximum Gasteiger partial charge on any atom is 0.335 e. The Bertz CT molecular complexity index is 777. The quantitative estimate of drug-likeness (QED) is 0.760. The minimum atomic E-state index is -0.986. The number of carboxylic acids is 1. The van der Waals surface area contributed by atoms with Crippen LogP contribution in [0.1, 0.15) is 16.1 Å². The molecule has 0 fully saturated rings. The number of aromatic nitrogens is 2. The van der Waals surface area contributed by atoms with E-state index >= 15 is 0 Å². The molecule has 1 N–H and O–H groups in total. The first-order valence-electron chi connectivity index (χ1n) is 5.70. The summed E-state index contributed by atoms with van der Waals surface area (Å²) < 4.78 is 5.60. The molecule has 0 spiro atoms. The minimum Gasteiger partial charge on any atom is -0.478 e. The molecule has 0 saturated heterocycles. The SMILES string of the molecule is Cc1cc(-c2nc3ccc(C(=O)O)cc3o2)ccn1. The third-order valence-corrected chi connectivity index (χ3v) is 2.78. The van der Waals surface area contributed by atoms with Gasteiger partial charge in [-0.2, -0.15) is 0 Å². The van der Waals surface area contributed by atoms with E-state index in [1.165, 1.54) is 12.1 Å². The van der Waals surface area contributed by atoms with Crippen molar-refractivity contribution in [2.45, 2.75) is 6.92 Å². The molecule has 0 radical (unpaired) electrons. The Morgan fingerprint density at radius 1 is 1.26 bits per heavy atom. The Morgan fingerprint density at radius 3 is 2.84 bits per heavy atom. The molecule has 1 aromatic carbocycles. The average molecular weight is 254 g/mol. The van der Waals surface area contributed by atoms with Gasteiger partial charge < -0.3 is 9.52 Å². The molecule has 2 aromatic heterocycles. The zero-order valence-electron chi connectivity index (χ0n) is 10.1. The number of rotatable bonds is 2. The normalized spacial score (nSPS) is 10.8. The number of carboxylic acid groups (broad SMARTS) is 1. The molecular formula is C14H10N2O3. The molecule has 3 rings (SSSR count). The van der Waals surface area contributed by atoms with E-state index in [-0.39, 0.29) is 5.56 Å². The molecule has 0 aliphatic carbocycles. The van der Waals surface area contributed by atoms with Crippen LogP contribution >= 0.6 is 0 Å². The van der Waals surface area contributed by atoms with E-state index < -0.39 is 5.97 Å². The van der Waals surface area contributed by atoms with Crippen LogP contribution in [0.5, 0.6) is 0 Å². The Labute approximate surface area is 108 Å². The third kappa shape index (κ3) is 2.06. The average Bonchev–Trinajstić information content (AvgIpc) is 2.81. The fraction of sp³-hybridized carbons (Fsp3) is 0.0714. The summed E-state index contributed by atoms with van der Waals surface area (Å²) in [5, 5.41) is 8.93. The first-order chi connectivity index (χ1) is 9.13. The molecule has 0 saturated carbocycles. The fourth-order valence-electron chi connectivity index (χ4n) is 1.86. The molecule has 0 amide bonds. The molecule has 2 heterocycles. The molecule has 0 unspecified atom stereocenters. The lowest BCUT2D eigenvalue weighted by Gasteiger charge is -1.95. The van der Waals surface area contributed by atoms with Gasteiger partial charge in [0, 0.05) is 17.5 Å². The van der Waals surface area contributed by atoms with Crippen molar-refractivity contribution in [1.82, 2.24) is 9.97 Å². The van der Waals surface area contributed by atoms with Gasteiger partial charge in [0.05, 0.1) is 5.56 Å². The van der Waals surface area contributed by atoms with Crippen molar-refractivity contribution in [3.05, 3.63) is 47.8 Å². The number of nitrogens with zero attached hydrogens (tertiary/aromatic N) is 2. The van der Waals surface area contributed by atoms with Crippen LogP contribution in [-0.4, -0.2) is 21.0 Å². The predicted octanol–water partition coefficient (Wildman–Crippen LogP) is 2.90. The van der Waals surface area contributed by atoms with Crippen molar-refractivity contribution in [2.24, 2.45) is 0 Å². The lowest BCUT2D eigenvalue weighted by molar-refractivity contribution is 0.0697. The molecule has 94 valence electrons. The van der Waals surface area contributed by atoms with E-state index in [1.54, 1.807) is 18.3 Å². The molecule has 19 heavy (non-hydrogen) atoms. The Kier molecular flexibility index (Phi) is 2.52. The molecule has 0 aliphatic rings. The predicted molar refractivity (Wildman–Crippen MR) is 68.9 cm³/mol. The number of benzene rings is 1. The number of hydrogen-bond acceptors (Lipinski definition) is 4. The van der Waals surface area contributed by atoms with Crippen molar-refractivity contribution in [1.29, 1.82) is 0 Å². The van der Waals surface area contributed by atoms with Crippen molar-refractivity contribution < 1.29 is 14.3 Å². The highest BCUT2D eigenvalue weighted by Gasteiger charge is 2.11. The van der Waals surface area contributed by atoms with Crippen LogP contribution < -0.4 is 0 Å². The zero-order valence-corrected chi connectivity index (χ0v) is 10.1.